The highest BCUT2D eigenvalue weighted by atomic mass is 79.9. The van der Waals surface area contributed by atoms with Crippen LogP contribution >= 0.6 is 38.9 Å². The maximum atomic E-state index is 12.2. The molecule has 0 aliphatic heterocycles. The van der Waals surface area contributed by atoms with E-state index in [4.69, 9.17) is 16.9 Å². The van der Waals surface area contributed by atoms with Gasteiger partial charge in [-0.05, 0) is 58.8 Å². The zero-order valence-electron chi connectivity index (χ0n) is 11.0. The number of anilines is 1. The van der Waals surface area contributed by atoms with Gasteiger partial charge in [-0.15, -0.1) is 11.3 Å². The minimum Gasteiger partial charge on any atom is -0.321 e. The third kappa shape index (κ3) is 4.18. The third-order valence-electron chi connectivity index (χ3n) is 2.69. The van der Waals surface area contributed by atoms with E-state index in [-0.39, 0.29) is 5.57 Å². The molecule has 0 saturated heterocycles. The number of benzene rings is 1. The lowest BCUT2D eigenvalue weighted by atomic mass is 10.2. The van der Waals surface area contributed by atoms with Crippen molar-refractivity contribution in [3.8, 4) is 6.07 Å². The second kappa shape index (κ2) is 6.90. The molecular formula is C15H10BrClN2OS. The van der Waals surface area contributed by atoms with Crippen molar-refractivity contribution in [2.24, 2.45) is 0 Å². The molecule has 3 nitrogen and oxygen atoms in total. The first-order chi connectivity index (χ1) is 9.99. The Bertz CT molecular complexity index is 761. The van der Waals surface area contributed by atoms with Crippen LogP contribution in [0, 0.1) is 18.3 Å². The predicted molar refractivity (Wildman–Crippen MR) is 90.4 cm³/mol. The molecule has 1 heterocycles. The number of nitrogens with one attached hydrogen (secondary N) is 1. The highest BCUT2D eigenvalue weighted by Gasteiger charge is 2.11. The van der Waals surface area contributed by atoms with E-state index >= 15 is 0 Å². The zero-order chi connectivity index (χ0) is 15.4. The predicted octanol–water partition coefficient (Wildman–Crippen LogP) is 5.02. The van der Waals surface area contributed by atoms with Gasteiger partial charge in [-0.3, -0.25) is 4.79 Å². The first-order valence-corrected chi connectivity index (χ1v) is 7.93. The van der Waals surface area contributed by atoms with Crippen LogP contribution in [0.3, 0.4) is 0 Å². The number of nitrogens with zero attached hydrogens (tertiary/aromatic N) is 1. The number of thiophene rings is 1. The van der Waals surface area contributed by atoms with Gasteiger partial charge >= 0.3 is 0 Å². The first-order valence-electron chi connectivity index (χ1n) is 5.94. The van der Waals surface area contributed by atoms with Crippen molar-refractivity contribution in [3.63, 3.8) is 0 Å². The Kier molecular flexibility index (Phi) is 5.18. The van der Waals surface area contributed by atoms with Gasteiger partial charge in [-0.1, -0.05) is 17.7 Å². The lowest BCUT2D eigenvalue weighted by Gasteiger charge is -2.08. The van der Waals surface area contributed by atoms with Crippen LogP contribution in [0.2, 0.25) is 5.02 Å². The van der Waals surface area contributed by atoms with Gasteiger partial charge in [-0.2, -0.15) is 5.26 Å². The minimum absolute atomic E-state index is 0.0451. The van der Waals surface area contributed by atoms with E-state index < -0.39 is 5.91 Å². The van der Waals surface area contributed by atoms with Gasteiger partial charge in [0.25, 0.3) is 5.91 Å². The number of rotatable bonds is 3. The van der Waals surface area contributed by atoms with E-state index in [9.17, 15) is 4.79 Å². The van der Waals surface area contributed by atoms with Crippen molar-refractivity contribution in [1.82, 2.24) is 0 Å². The summed E-state index contributed by atoms with van der Waals surface area (Å²) in [6.07, 6.45) is 1.56. The summed E-state index contributed by atoms with van der Waals surface area (Å²) in [5.41, 5.74) is 1.52. The maximum absolute atomic E-state index is 12.2. The molecule has 21 heavy (non-hydrogen) atoms. The number of nitriles is 1. The van der Waals surface area contributed by atoms with Gasteiger partial charge in [0.1, 0.15) is 11.6 Å². The molecule has 0 unspecified atom stereocenters. The van der Waals surface area contributed by atoms with Gasteiger partial charge in [0.2, 0.25) is 0 Å². The van der Waals surface area contributed by atoms with Crippen LogP contribution in [-0.4, -0.2) is 5.91 Å². The fourth-order valence-electron chi connectivity index (χ4n) is 1.62. The molecular weight excluding hydrogens is 372 g/mol. The summed E-state index contributed by atoms with van der Waals surface area (Å²) < 4.78 is 0.942. The smallest absolute Gasteiger partial charge is 0.266 e. The Morgan fingerprint density at radius 2 is 2.19 bits per heavy atom. The van der Waals surface area contributed by atoms with Crippen molar-refractivity contribution < 1.29 is 4.79 Å². The van der Waals surface area contributed by atoms with E-state index in [1.165, 1.54) is 11.3 Å². The SMILES string of the molecule is Cc1ccc(Cl)cc1NC(=O)/C(C#N)=C/c1ccc(Br)s1. The Hall–Kier alpha value is -1.61. The van der Waals surface area contributed by atoms with Crippen molar-refractivity contribution in [1.29, 1.82) is 5.26 Å². The molecule has 0 fully saturated rings. The van der Waals surface area contributed by atoms with Gasteiger partial charge in [-0.25, -0.2) is 0 Å². The standard InChI is InChI=1S/C15H10BrClN2OS/c1-9-2-3-11(17)7-13(9)19-15(20)10(8-18)6-12-4-5-14(16)21-12/h2-7H,1H3,(H,19,20)/b10-6+. The summed E-state index contributed by atoms with van der Waals surface area (Å²) in [6, 6.07) is 10.8. The number of halogens is 2. The largest absolute Gasteiger partial charge is 0.321 e. The molecule has 106 valence electrons. The fraction of sp³-hybridized carbons (Fsp3) is 0.0667. The maximum Gasteiger partial charge on any atom is 0.266 e. The van der Waals surface area contributed by atoms with Crippen molar-refractivity contribution in [3.05, 3.63) is 55.2 Å². The number of hydrogen-bond acceptors (Lipinski definition) is 3. The van der Waals surface area contributed by atoms with Crippen LogP contribution < -0.4 is 5.32 Å². The lowest BCUT2D eigenvalue weighted by molar-refractivity contribution is -0.112. The number of amides is 1. The highest BCUT2D eigenvalue weighted by molar-refractivity contribution is 9.11. The fourth-order valence-corrected chi connectivity index (χ4v) is 3.15. The molecule has 0 atom stereocenters. The molecule has 0 bridgehead atoms. The average Bonchev–Trinajstić information content (AvgIpc) is 2.85. The molecule has 2 aromatic rings. The third-order valence-corrected chi connectivity index (χ3v) is 4.50. The Balaban J connectivity index is 2.23. The van der Waals surface area contributed by atoms with Crippen molar-refractivity contribution >= 4 is 56.5 Å². The zero-order valence-corrected chi connectivity index (χ0v) is 14.1. The Morgan fingerprint density at radius 3 is 2.81 bits per heavy atom. The van der Waals surface area contributed by atoms with Crippen LogP contribution in [-0.2, 0) is 4.79 Å². The summed E-state index contributed by atoms with van der Waals surface area (Å²) in [6.45, 7) is 1.86. The van der Waals surface area contributed by atoms with Crippen LogP contribution in [0.4, 0.5) is 5.69 Å². The van der Waals surface area contributed by atoms with Crippen molar-refractivity contribution in [2.75, 3.05) is 5.32 Å². The van der Waals surface area contributed by atoms with Crippen LogP contribution in [0.1, 0.15) is 10.4 Å². The van der Waals surface area contributed by atoms with Crippen molar-refractivity contribution in [2.45, 2.75) is 6.92 Å². The molecule has 1 amide bonds. The first kappa shape index (κ1) is 15.8. The van der Waals surface area contributed by atoms with Gasteiger partial charge < -0.3 is 5.32 Å². The average molecular weight is 382 g/mol. The van der Waals surface area contributed by atoms with E-state index in [0.717, 1.165) is 14.2 Å². The Labute approximate surface area is 140 Å². The normalized spacial score (nSPS) is 11.0. The van der Waals surface area contributed by atoms with E-state index in [1.54, 1.807) is 18.2 Å². The summed E-state index contributed by atoms with van der Waals surface area (Å²) in [4.78, 5) is 13.0. The number of hydrogen-bond donors (Lipinski definition) is 1. The molecule has 1 N–H and O–H groups in total. The highest BCUT2D eigenvalue weighted by Crippen LogP contribution is 2.25. The number of carbonyl (C=O) groups excluding carboxylic acids is 1. The van der Waals surface area contributed by atoms with Crippen LogP contribution in [0.15, 0.2) is 39.7 Å². The second-order valence-corrected chi connectivity index (χ2v) is 7.16. The molecule has 6 heteroatoms. The second-order valence-electron chi connectivity index (χ2n) is 4.23. The summed E-state index contributed by atoms with van der Waals surface area (Å²) in [5, 5.41) is 12.4. The van der Waals surface area contributed by atoms with Gasteiger partial charge in [0, 0.05) is 15.6 Å². The quantitative estimate of drug-likeness (QED) is 0.599. The number of aryl methyl sites for hydroxylation is 1. The monoisotopic (exact) mass is 380 g/mol. The molecule has 0 aliphatic carbocycles. The van der Waals surface area contributed by atoms with E-state index in [2.05, 4.69) is 21.2 Å². The molecule has 2 rings (SSSR count). The van der Waals surface area contributed by atoms with E-state index in [1.807, 2.05) is 31.2 Å². The molecule has 1 aromatic carbocycles. The summed E-state index contributed by atoms with van der Waals surface area (Å²) in [7, 11) is 0. The molecule has 0 spiro atoms. The molecule has 0 aliphatic rings. The number of carbonyl (C=O) groups is 1. The van der Waals surface area contributed by atoms with Crippen LogP contribution in [0.5, 0.6) is 0 Å². The minimum atomic E-state index is -0.451. The summed E-state index contributed by atoms with van der Waals surface area (Å²) >= 11 is 10.7. The van der Waals surface area contributed by atoms with E-state index in [0.29, 0.717) is 10.7 Å². The summed E-state index contributed by atoms with van der Waals surface area (Å²) in [5.74, 6) is -0.451. The van der Waals surface area contributed by atoms with Crippen LogP contribution in [0.25, 0.3) is 6.08 Å². The Morgan fingerprint density at radius 1 is 1.43 bits per heavy atom. The lowest BCUT2D eigenvalue weighted by Crippen LogP contribution is -2.14. The molecule has 0 radical (unpaired) electrons. The topological polar surface area (TPSA) is 52.9 Å². The van der Waals surface area contributed by atoms with Gasteiger partial charge in [0.05, 0.1) is 3.79 Å². The molecule has 0 saturated carbocycles. The van der Waals surface area contributed by atoms with Gasteiger partial charge in [0.15, 0.2) is 0 Å². The molecule has 1 aromatic heterocycles.